The molecule has 102 valence electrons. The Morgan fingerprint density at radius 1 is 1.22 bits per heavy atom. The third-order valence-electron chi connectivity index (χ3n) is 3.19. The van der Waals surface area contributed by atoms with E-state index in [4.69, 9.17) is 0 Å². The standard InChI is InChI=1S/C12H16F2O3S/c1-7-5-10(14)8(6-9(7)13)11(15)12(2,3)18(4,16)17/h5-6,11,15H,1-4H3. The van der Waals surface area contributed by atoms with Crippen molar-refractivity contribution in [3.05, 3.63) is 34.9 Å². The third-order valence-corrected chi connectivity index (χ3v) is 5.32. The van der Waals surface area contributed by atoms with Gasteiger partial charge < -0.3 is 5.11 Å². The Kier molecular flexibility index (Phi) is 3.83. The van der Waals surface area contributed by atoms with E-state index in [9.17, 15) is 22.3 Å². The van der Waals surface area contributed by atoms with Crippen molar-refractivity contribution in [2.75, 3.05) is 6.26 Å². The fourth-order valence-corrected chi connectivity index (χ4v) is 1.98. The molecule has 0 radical (unpaired) electrons. The molecule has 1 atom stereocenters. The van der Waals surface area contributed by atoms with E-state index < -0.39 is 32.3 Å². The van der Waals surface area contributed by atoms with E-state index in [2.05, 4.69) is 0 Å². The zero-order valence-electron chi connectivity index (χ0n) is 10.7. The number of halogens is 2. The molecule has 3 nitrogen and oxygen atoms in total. The van der Waals surface area contributed by atoms with Gasteiger partial charge in [0.05, 0.1) is 4.75 Å². The van der Waals surface area contributed by atoms with Crippen molar-refractivity contribution in [2.45, 2.75) is 31.6 Å². The van der Waals surface area contributed by atoms with Crippen molar-refractivity contribution in [3.63, 3.8) is 0 Å². The summed E-state index contributed by atoms with van der Waals surface area (Å²) < 4.78 is 48.6. The Hall–Kier alpha value is -1.01. The summed E-state index contributed by atoms with van der Waals surface area (Å²) in [5.41, 5.74) is -0.255. The van der Waals surface area contributed by atoms with E-state index in [0.29, 0.717) is 0 Å². The largest absolute Gasteiger partial charge is 0.387 e. The van der Waals surface area contributed by atoms with Gasteiger partial charge in [0.2, 0.25) is 0 Å². The molecule has 0 spiro atoms. The zero-order valence-corrected chi connectivity index (χ0v) is 11.5. The van der Waals surface area contributed by atoms with Crippen LogP contribution in [0.2, 0.25) is 0 Å². The molecule has 0 saturated carbocycles. The quantitative estimate of drug-likeness (QED) is 0.921. The SMILES string of the molecule is Cc1cc(F)c(C(O)C(C)(C)S(C)(=O)=O)cc1F. The van der Waals surface area contributed by atoms with Gasteiger partial charge in [-0.05, 0) is 38.5 Å². The van der Waals surface area contributed by atoms with Crippen LogP contribution >= 0.6 is 0 Å². The van der Waals surface area contributed by atoms with Crippen LogP contribution in [0.1, 0.15) is 31.1 Å². The summed E-state index contributed by atoms with van der Waals surface area (Å²) >= 11 is 0. The summed E-state index contributed by atoms with van der Waals surface area (Å²) in [5.74, 6) is -1.51. The summed E-state index contributed by atoms with van der Waals surface area (Å²) in [7, 11) is -3.63. The molecule has 0 aromatic heterocycles. The van der Waals surface area contributed by atoms with E-state index in [1.54, 1.807) is 0 Å². The van der Waals surface area contributed by atoms with Gasteiger partial charge in [0.25, 0.3) is 0 Å². The monoisotopic (exact) mass is 278 g/mol. The Bertz CT molecular complexity index is 565. The lowest BCUT2D eigenvalue weighted by atomic mass is 9.96. The number of hydrogen-bond acceptors (Lipinski definition) is 3. The van der Waals surface area contributed by atoms with Crippen LogP contribution in [0, 0.1) is 18.6 Å². The number of sulfone groups is 1. The van der Waals surface area contributed by atoms with Crippen molar-refractivity contribution < 1.29 is 22.3 Å². The topological polar surface area (TPSA) is 54.4 Å². The Morgan fingerprint density at radius 3 is 2.17 bits per heavy atom. The summed E-state index contributed by atoms with van der Waals surface area (Å²) in [4.78, 5) is 0. The molecule has 18 heavy (non-hydrogen) atoms. The first kappa shape index (κ1) is 15.0. The smallest absolute Gasteiger partial charge is 0.155 e. The Balaban J connectivity index is 3.36. The average Bonchev–Trinajstić information content (AvgIpc) is 2.20. The maximum atomic E-state index is 13.7. The number of hydrogen-bond donors (Lipinski definition) is 1. The molecule has 1 rings (SSSR count). The van der Waals surface area contributed by atoms with Gasteiger partial charge in [-0.15, -0.1) is 0 Å². The van der Waals surface area contributed by atoms with Crippen LogP contribution in [-0.4, -0.2) is 24.5 Å². The third kappa shape index (κ3) is 2.54. The van der Waals surface area contributed by atoms with Crippen LogP contribution in [0.15, 0.2) is 12.1 Å². The summed E-state index contributed by atoms with van der Waals surface area (Å²) in [6.07, 6.45) is -0.693. The van der Waals surface area contributed by atoms with Gasteiger partial charge in [-0.3, -0.25) is 0 Å². The van der Waals surface area contributed by atoms with Crippen LogP contribution in [0.25, 0.3) is 0 Å². The van der Waals surface area contributed by atoms with Crippen molar-refractivity contribution in [3.8, 4) is 0 Å². The number of aliphatic hydroxyl groups excluding tert-OH is 1. The fourth-order valence-electron chi connectivity index (χ4n) is 1.45. The molecule has 0 aliphatic rings. The highest BCUT2D eigenvalue weighted by Gasteiger charge is 2.40. The molecule has 0 amide bonds. The number of aryl methyl sites for hydroxylation is 1. The first-order valence-electron chi connectivity index (χ1n) is 5.31. The second-order valence-corrected chi connectivity index (χ2v) is 7.50. The van der Waals surface area contributed by atoms with Gasteiger partial charge in [0.15, 0.2) is 9.84 Å². The molecule has 0 aliphatic carbocycles. The van der Waals surface area contributed by atoms with Gasteiger partial charge in [-0.1, -0.05) is 0 Å². The van der Waals surface area contributed by atoms with Crippen molar-refractivity contribution in [1.29, 1.82) is 0 Å². The predicted octanol–water partition coefficient (Wildman–Crippen LogP) is 2.13. The first-order chi connectivity index (χ1) is 7.98. The van der Waals surface area contributed by atoms with E-state index >= 15 is 0 Å². The molecule has 0 bridgehead atoms. The van der Waals surface area contributed by atoms with E-state index in [1.807, 2.05) is 0 Å². The number of benzene rings is 1. The summed E-state index contributed by atoms with van der Waals surface area (Å²) in [5, 5.41) is 9.99. The minimum atomic E-state index is -3.63. The van der Waals surface area contributed by atoms with E-state index in [0.717, 1.165) is 18.4 Å². The molecule has 0 fully saturated rings. The molecule has 0 aliphatic heterocycles. The molecule has 1 aromatic rings. The highest BCUT2D eigenvalue weighted by atomic mass is 32.2. The molecular weight excluding hydrogens is 262 g/mol. The first-order valence-corrected chi connectivity index (χ1v) is 7.21. The van der Waals surface area contributed by atoms with Crippen LogP contribution in [0.5, 0.6) is 0 Å². The van der Waals surface area contributed by atoms with Crippen LogP contribution < -0.4 is 0 Å². The maximum absolute atomic E-state index is 13.7. The Labute approximate surface area is 105 Å². The van der Waals surface area contributed by atoms with Gasteiger partial charge in [-0.2, -0.15) is 0 Å². The average molecular weight is 278 g/mol. The van der Waals surface area contributed by atoms with Crippen molar-refractivity contribution in [1.82, 2.24) is 0 Å². The maximum Gasteiger partial charge on any atom is 0.155 e. The lowest BCUT2D eigenvalue weighted by molar-refractivity contribution is 0.135. The van der Waals surface area contributed by atoms with Crippen molar-refractivity contribution >= 4 is 9.84 Å². The number of aliphatic hydroxyl groups is 1. The highest BCUT2D eigenvalue weighted by Crippen LogP contribution is 2.34. The van der Waals surface area contributed by atoms with E-state index in [-0.39, 0.29) is 11.1 Å². The molecule has 1 aromatic carbocycles. The second kappa shape index (κ2) is 4.59. The molecule has 1 N–H and O–H groups in total. The fraction of sp³-hybridized carbons (Fsp3) is 0.500. The lowest BCUT2D eigenvalue weighted by Crippen LogP contribution is -2.38. The minimum Gasteiger partial charge on any atom is -0.387 e. The van der Waals surface area contributed by atoms with Gasteiger partial charge >= 0.3 is 0 Å². The van der Waals surface area contributed by atoms with Crippen LogP contribution in [0.4, 0.5) is 8.78 Å². The molecule has 0 heterocycles. The zero-order chi connectivity index (χ0) is 14.3. The number of rotatable bonds is 3. The minimum absolute atomic E-state index is 0.0978. The van der Waals surface area contributed by atoms with Gasteiger partial charge in [0, 0.05) is 11.8 Å². The second-order valence-electron chi connectivity index (χ2n) is 4.90. The Morgan fingerprint density at radius 2 is 1.72 bits per heavy atom. The van der Waals surface area contributed by atoms with Crippen LogP contribution in [0.3, 0.4) is 0 Å². The predicted molar refractivity (Wildman–Crippen MR) is 65.0 cm³/mol. The molecule has 6 heteroatoms. The normalized spacial score (nSPS) is 14.6. The van der Waals surface area contributed by atoms with Gasteiger partial charge in [-0.25, -0.2) is 17.2 Å². The van der Waals surface area contributed by atoms with E-state index in [1.165, 1.54) is 20.8 Å². The summed E-state index contributed by atoms with van der Waals surface area (Å²) in [6.45, 7) is 3.92. The molecule has 1 unspecified atom stereocenters. The summed E-state index contributed by atoms with van der Waals surface area (Å²) in [6, 6.07) is 1.77. The van der Waals surface area contributed by atoms with Crippen LogP contribution in [-0.2, 0) is 9.84 Å². The van der Waals surface area contributed by atoms with Crippen molar-refractivity contribution in [2.24, 2.45) is 0 Å². The lowest BCUT2D eigenvalue weighted by Gasteiger charge is -2.29. The molecular formula is C12H16F2O3S. The highest BCUT2D eigenvalue weighted by molar-refractivity contribution is 7.92. The molecule has 0 saturated heterocycles. The van der Waals surface area contributed by atoms with Gasteiger partial charge in [0.1, 0.15) is 17.7 Å².